The molecule has 1 aliphatic heterocycles. The molecule has 0 radical (unpaired) electrons. The zero-order chi connectivity index (χ0) is 18.5. The summed E-state index contributed by atoms with van der Waals surface area (Å²) in [5, 5.41) is 5.35. The molecule has 26 heavy (non-hydrogen) atoms. The van der Waals surface area contributed by atoms with Gasteiger partial charge < -0.3 is 10.6 Å². The van der Waals surface area contributed by atoms with Crippen molar-refractivity contribution in [3.8, 4) is 0 Å². The molecule has 2 aromatic rings. The van der Waals surface area contributed by atoms with Crippen molar-refractivity contribution in [2.24, 2.45) is 0 Å². The van der Waals surface area contributed by atoms with Crippen molar-refractivity contribution in [1.82, 2.24) is 10.2 Å². The van der Waals surface area contributed by atoms with Crippen molar-refractivity contribution >= 4 is 46.1 Å². The molecular weight excluding hydrogens is 445 g/mol. The van der Waals surface area contributed by atoms with Crippen molar-refractivity contribution in [2.45, 2.75) is 18.9 Å². The normalized spacial score (nSPS) is 16.5. The molecule has 1 heterocycles. The van der Waals surface area contributed by atoms with Crippen LogP contribution in [-0.2, 0) is 16.0 Å². The van der Waals surface area contributed by atoms with E-state index in [1.54, 1.807) is 12.1 Å². The number of nitrogens with one attached hydrogen (secondary N) is 2. The van der Waals surface area contributed by atoms with Crippen molar-refractivity contribution in [3.05, 3.63) is 63.7 Å². The van der Waals surface area contributed by atoms with Gasteiger partial charge in [-0.15, -0.1) is 0 Å². The van der Waals surface area contributed by atoms with Crippen molar-refractivity contribution in [2.75, 3.05) is 11.9 Å². The second kappa shape index (κ2) is 8.31. The van der Waals surface area contributed by atoms with E-state index in [0.29, 0.717) is 18.5 Å². The quantitative estimate of drug-likeness (QED) is 0.511. The highest BCUT2D eigenvalue weighted by molar-refractivity contribution is 14.1. The number of hydrogen-bond donors (Lipinski definition) is 2. The van der Waals surface area contributed by atoms with Gasteiger partial charge in [0.2, 0.25) is 5.91 Å². The summed E-state index contributed by atoms with van der Waals surface area (Å²) in [6.07, 6.45) is 1.18. The standard InChI is InChI=1S/C19H18IN3O3/c20-14-7-9-15(10-8-14)21-17(24)12-23-18(25)16(22-19(23)26)11-6-13-4-2-1-3-5-13/h1-5,7-10,16H,6,11-12H2,(H,21,24)(H,22,26). The third kappa shape index (κ3) is 4.60. The van der Waals surface area contributed by atoms with Gasteiger partial charge in [-0.3, -0.25) is 14.5 Å². The Hall–Kier alpha value is -2.42. The maximum atomic E-state index is 12.4. The first-order chi connectivity index (χ1) is 12.5. The summed E-state index contributed by atoms with van der Waals surface area (Å²) < 4.78 is 1.05. The molecular formula is C19H18IN3O3. The topological polar surface area (TPSA) is 78.5 Å². The average Bonchev–Trinajstić information content (AvgIpc) is 2.90. The molecule has 6 nitrogen and oxygen atoms in total. The maximum absolute atomic E-state index is 12.4. The highest BCUT2D eigenvalue weighted by Gasteiger charge is 2.38. The van der Waals surface area contributed by atoms with Crippen LogP contribution in [0.4, 0.5) is 10.5 Å². The Morgan fingerprint density at radius 1 is 1.08 bits per heavy atom. The zero-order valence-corrected chi connectivity index (χ0v) is 16.1. The molecule has 0 aliphatic carbocycles. The molecule has 1 saturated heterocycles. The van der Waals surface area contributed by atoms with E-state index in [-0.39, 0.29) is 12.5 Å². The highest BCUT2D eigenvalue weighted by atomic mass is 127. The molecule has 2 N–H and O–H groups in total. The lowest BCUT2D eigenvalue weighted by molar-refractivity contribution is -0.130. The monoisotopic (exact) mass is 463 g/mol. The fourth-order valence-corrected chi connectivity index (χ4v) is 3.11. The van der Waals surface area contributed by atoms with E-state index in [4.69, 9.17) is 0 Å². The van der Waals surface area contributed by atoms with Crippen molar-refractivity contribution < 1.29 is 14.4 Å². The second-order valence-corrected chi connectivity index (χ2v) is 7.25. The van der Waals surface area contributed by atoms with Gasteiger partial charge in [-0.2, -0.15) is 0 Å². The minimum absolute atomic E-state index is 0.293. The van der Waals surface area contributed by atoms with Crippen LogP contribution in [0.3, 0.4) is 0 Å². The number of aryl methyl sites for hydroxylation is 1. The summed E-state index contributed by atoms with van der Waals surface area (Å²) in [6.45, 7) is -0.293. The molecule has 134 valence electrons. The Kier molecular flexibility index (Phi) is 5.87. The number of carbonyl (C=O) groups is 3. The number of amides is 4. The smallest absolute Gasteiger partial charge is 0.325 e. The van der Waals surface area contributed by atoms with E-state index in [0.717, 1.165) is 14.0 Å². The van der Waals surface area contributed by atoms with Crippen LogP contribution in [0.15, 0.2) is 54.6 Å². The number of nitrogens with zero attached hydrogens (tertiary/aromatic N) is 1. The molecule has 1 unspecified atom stereocenters. The average molecular weight is 463 g/mol. The lowest BCUT2D eigenvalue weighted by Crippen LogP contribution is -2.38. The molecule has 1 aliphatic rings. The van der Waals surface area contributed by atoms with Crippen LogP contribution >= 0.6 is 22.6 Å². The van der Waals surface area contributed by atoms with Crippen molar-refractivity contribution in [3.63, 3.8) is 0 Å². The second-order valence-electron chi connectivity index (χ2n) is 6.01. The summed E-state index contributed by atoms with van der Waals surface area (Å²) in [4.78, 5) is 37.6. The Labute approximate surface area is 165 Å². The molecule has 4 amide bonds. The number of imide groups is 1. The van der Waals surface area contributed by atoms with Crippen LogP contribution in [0, 0.1) is 3.57 Å². The van der Waals surface area contributed by atoms with Crippen LogP contribution in [0.5, 0.6) is 0 Å². The Bertz CT molecular complexity index is 809. The molecule has 3 rings (SSSR count). The van der Waals surface area contributed by atoms with E-state index in [9.17, 15) is 14.4 Å². The molecule has 0 bridgehead atoms. The summed E-state index contributed by atoms with van der Waals surface area (Å²) >= 11 is 2.17. The van der Waals surface area contributed by atoms with E-state index < -0.39 is 18.0 Å². The van der Waals surface area contributed by atoms with Crippen LogP contribution in [-0.4, -0.2) is 35.3 Å². The van der Waals surface area contributed by atoms with Gasteiger partial charge >= 0.3 is 6.03 Å². The Morgan fingerprint density at radius 3 is 2.46 bits per heavy atom. The van der Waals surface area contributed by atoms with Gasteiger partial charge in [0, 0.05) is 9.26 Å². The van der Waals surface area contributed by atoms with Crippen molar-refractivity contribution in [1.29, 1.82) is 0 Å². The largest absolute Gasteiger partial charge is 0.326 e. The predicted molar refractivity (Wildman–Crippen MR) is 107 cm³/mol. The summed E-state index contributed by atoms with van der Waals surface area (Å²) in [5.41, 5.74) is 1.73. The van der Waals surface area contributed by atoms with Crippen LogP contribution < -0.4 is 10.6 Å². The molecule has 0 aromatic heterocycles. The predicted octanol–water partition coefficient (Wildman–Crippen LogP) is 2.78. The minimum atomic E-state index is -0.589. The van der Waals surface area contributed by atoms with Gasteiger partial charge in [-0.1, -0.05) is 30.3 Å². The lowest BCUT2D eigenvalue weighted by atomic mass is 10.1. The van der Waals surface area contributed by atoms with Crippen LogP contribution in [0.1, 0.15) is 12.0 Å². The SMILES string of the molecule is O=C(CN1C(=O)NC(CCc2ccccc2)C1=O)Nc1ccc(I)cc1. The number of urea groups is 1. The van der Waals surface area contributed by atoms with E-state index >= 15 is 0 Å². The minimum Gasteiger partial charge on any atom is -0.326 e. The van der Waals surface area contributed by atoms with Gasteiger partial charge in [-0.05, 0) is 65.3 Å². The molecule has 0 spiro atoms. The molecule has 7 heteroatoms. The fourth-order valence-electron chi connectivity index (χ4n) is 2.76. The van der Waals surface area contributed by atoms with Gasteiger partial charge in [-0.25, -0.2) is 4.79 Å². The number of hydrogen-bond acceptors (Lipinski definition) is 3. The summed E-state index contributed by atoms with van der Waals surface area (Å²) in [7, 11) is 0. The number of rotatable bonds is 6. The number of benzene rings is 2. The maximum Gasteiger partial charge on any atom is 0.325 e. The Balaban J connectivity index is 1.54. The van der Waals surface area contributed by atoms with Crippen LogP contribution in [0.25, 0.3) is 0 Å². The third-order valence-corrected chi connectivity index (χ3v) is 4.82. The molecule has 1 fully saturated rings. The van der Waals surface area contributed by atoms with Crippen LogP contribution in [0.2, 0.25) is 0 Å². The molecule has 0 saturated carbocycles. The van der Waals surface area contributed by atoms with Gasteiger partial charge in [0.25, 0.3) is 5.91 Å². The number of halogens is 1. The van der Waals surface area contributed by atoms with Gasteiger partial charge in [0.1, 0.15) is 12.6 Å². The summed E-state index contributed by atoms with van der Waals surface area (Å²) in [6, 6.07) is 15.9. The zero-order valence-electron chi connectivity index (χ0n) is 13.9. The lowest BCUT2D eigenvalue weighted by Gasteiger charge is -2.13. The van der Waals surface area contributed by atoms with Gasteiger partial charge in [0.15, 0.2) is 0 Å². The Morgan fingerprint density at radius 2 is 1.77 bits per heavy atom. The first-order valence-electron chi connectivity index (χ1n) is 8.24. The number of anilines is 1. The van der Waals surface area contributed by atoms with E-state index in [1.807, 2.05) is 42.5 Å². The summed E-state index contributed by atoms with van der Waals surface area (Å²) in [5.74, 6) is -0.762. The first-order valence-corrected chi connectivity index (χ1v) is 9.32. The molecule has 1 atom stereocenters. The molecule has 2 aromatic carbocycles. The van der Waals surface area contributed by atoms with E-state index in [2.05, 4.69) is 33.2 Å². The number of carbonyl (C=O) groups excluding carboxylic acids is 3. The third-order valence-electron chi connectivity index (χ3n) is 4.10. The van der Waals surface area contributed by atoms with E-state index in [1.165, 1.54) is 0 Å². The highest BCUT2D eigenvalue weighted by Crippen LogP contribution is 2.14. The first kappa shape index (κ1) is 18.4. The fraction of sp³-hybridized carbons (Fsp3) is 0.211. The van der Waals surface area contributed by atoms with Gasteiger partial charge in [0.05, 0.1) is 0 Å².